The zero-order chi connectivity index (χ0) is 71.0. The zero-order valence-electron chi connectivity index (χ0n) is 63.0. The number of hydrogen-bond donors (Lipinski definition) is 3. The Morgan fingerprint density at radius 1 is 0.292 bits per heavy atom. The van der Waals surface area contributed by atoms with Crippen molar-refractivity contribution >= 4 is 39.5 Å². The van der Waals surface area contributed by atoms with Gasteiger partial charge in [-0.2, -0.15) is 0 Å². The number of rotatable bonds is 74. The van der Waals surface area contributed by atoms with Crippen molar-refractivity contribution in [2.45, 2.75) is 408 Å². The molecular formula is C77H150O17P2. The highest BCUT2D eigenvalue weighted by Crippen LogP contribution is 2.45. The van der Waals surface area contributed by atoms with Crippen LogP contribution in [0.25, 0.3) is 0 Å². The van der Waals surface area contributed by atoms with Gasteiger partial charge in [0.25, 0.3) is 0 Å². The smallest absolute Gasteiger partial charge is 0.462 e. The molecule has 0 aromatic carbocycles. The lowest BCUT2D eigenvalue weighted by molar-refractivity contribution is -0.161. The molecule has 0 aromatic heterocycles. The van der Waals surface area contributed by atoms with Gasteiger partial charge in [0, 0.05) is 25.7 Å². The summed E-state index contributed by atoms with van der Waals surface area (Å²) in [5.41, 5.74) is 0. The number of phosphoric acid groups is 2. The second-order valence-corrected chi connectivity index (χ2v) is 32.1. The highest BCUT2D eigenvalue weighted by molar-refractivity contribution is 7.47. The molecule has 17 nitrogen and oxygen atoms in total. The molecule has 0 aliphatic rings. The summed E-state index contributed by atoms with van der Waals surface area (Å²) in [5.74, 6) is 0.984. The molecule has 0 aliphatic carbocycles. The summed E-state index contributed by atoms with van der Waals surface area (Å²) >= 11 is 0. The van der Waals surface area contributed by atoms with Crippen molar-refractivity contribution in [2.75, 3.05) is 39.6 Å². The van der Waals surface area contributed by atoms with Crippen LogP contribution in [-0.4, -0.2) is 96.7 Å². The minimum absolute atomic E-state index is 0.104. The van der Waals surface area contributed by atoms with Crippen molar-refractivity contribution in [2.24, 2.45) is 23.7 Å². The molecular weight excluding hydrogens is 1260 g/mol. The molecule has 4 unspecified atom stereocenters. The summed E-state index contributed by atoms with van der Waals surface area (Å²) in [6, 6.07) is 0. The second-order valence-electron chi connectivity index (χ2n) is 29.2. The molecule has 3 N–H and O–H groups in total. The van der Waals surface area contributed by atoms with Crippen LogP contribution < -0.4 is 0 Å². The predicted octanol–water partition coefficient (Wildman–Crippen LogP) is 22.4. The van der Waals surface area contributed by atoms with Crippen LogP contribution in [0.15, 0.2) is 0 Å². The van der Waals surface area contributed by atoms with Crippen molar-refractivity contribution in [3.05, 3.63) is 0 Å². The van der Waals surface area contributed by atoms with E-state index < -0.39 is 97.5 Å². The molecule has 7 atom stereocenters. The van der Waals surface area contributed by atoms with Crippen LogP contribution in [0.2, 0.25) is 0 Å². The maximum absolute atomic E-state index is 13.1. The fraction of sp³-hybridized carbons (Fsp3) is 0.948. The maximum atomic E-state index is 13.1. The molecule has 0 bridgehead atoms. The second kappa shape index (κ2) is 66.3. The Hall–Kier alpha value is -1.94. The number of carbonyl (C=O) groups is 4. The topological polar surface area (TPSA) is 237 Å². The monoisotopic (exact) mass is 1410 g/mol. The Kier molecular flexibility index (Phi) is 65.0. The molecule has 0 saturated carbocycles. The van der Waals surface area contributed by atoms with Crippen LogP contribution in [0.5, 0.6) is 0 Å². The average molecular weight is 1410 g/mol. The molecule has 0 fully saturated rings. The van der Waals surface area contributed by atoms with Crippen molar-refractivity contribution in [1.82, 2.24) is 0 Å². The van der Waals surface area contributed by atoms with E-state index >= 15 is 0 Å². The molecule has 0 aromatic rings. The fourth-order valence-electron chi connectivity index (χ4n) is 11.7. The molecule has 570 valence electrons. The van der Waals surface area contributed by atoms with E-state index in [0.717, 1.165) is 120 Å². The summed E-state index contributed by atoms with van der Waals surface area (Å²) in [5, 5.41) is 10.6. The third-order valence-corrected chi connectivity index (χ3v) is 20.4. The molecule has 0 radical (unpaired) electrons. The molecule has 19 heteroatoms. The number of unbranched alkanes of at least 4 members (excludes halogenated alkanes) is 38. The van der Waals surface area contributed by atoms with Crippen LogP contribution in [-0.2, 0) is 65.4 Å². The lowest BCUT2D eigenvalue weighted by atomic mass is 9.99. The predicted molar refractivity (Wildman–Crippen MR) is 391 cm³/mol. The van der Waals surface area contributed by atoms with Gasteiger partial charge in [-0.1, -0.05) is 338 Å². The van der Waals surface area contributed by atoms with Gasteiger partial charge in [-0.15, -0.1) is 0 Å². The molecule has 0 aliphatic heterocycles. The van der Waals surface area contributed by atoms with Crippen molar-refractivity contribution < 1.29 is 80.2 Å². The van der Waals surface area contributed by atoms with E-state index in [1.54, 1.807) is 0 Å². The SMILES string of the molecule is CCC(C)CCCCCCCCCCCCCCCCC(=O)O[C@H](COC(=O)CCCCCCCCCCCCCCCC(C)C)COP(=O)(O)OC[C@@H](O)COP(=O)(O)OC[C@@H](COC(=O)CCCCCCCCC(C)CC)OC(=O)CCCCCCCCCCCC(C)C. The first-order valence-electron chi connectivity index (χ1n) is 39.8. The van der Waals surface area contributed by atoms with Crippen LogP contribution in [0.3, 0.4) is 0 Å². The number of ether oxygens (including phenoxy) is 4. The first kappa shape index (κ1) is 94.1. The molecule has 0 heterocycles. The Bertz CT molecular complexity index is 1890. The van der Waals surface area contributed by atoms with Crippen molar-refractivity contribution in [3.8, 4) is 0 Å². The Balaban J connectivity index is 5.25. The van der Waals surface area contributed by atoms with Crippen LogP contribution in [0.4, 0.5) is 0 Å². The lowest BCUT2D eigenvalue weighted by Gasteiger charge is -2.21. The van der Waals surface area contributed by atoms with Crippen LogP contribution in [0.1, 0.15) is 389 Å². The Labute approximate surface area is 588 Å². The van der Waals surface area contributed by atoms with Crippen LogP contribution in [0, 0.1) is 23.7 Å². The van der Waals surface area contributed by atoms with Gasteiger partial charge < -0.3 is 33.8 Å². The van der Waals surface area contributed by atoms with Crippen LogP contribution >= 0.6 is 15.6 Å². The Morgan fingerprint density at radius 2 is 0.500 bits per heavy atom. The summed E-state index contributed by atoms with van der Waals surface area (Å²) in [7, 11) is -9.92. The number of aliphatic hydroxyl groups is 1. The summed E-state index contributed by atoms with van der Waals surface area (Å²) in [6.45, 7) is 14.2. The van der Waals surface area contributed by atoms with Gasteiger partial charge in [0.05, 0.1) is 26.4 Å². The van der Waals surface area contributed by atoms with Gasteiger partial charge >= 0.3 is 39.5 Å². The maximum Gasteiger partial charge on any atom is 0.472 e. The van der Waals surface area contributed by atoms with E-state index in [9.17, 15) is 43.2 Å². The minimum atomic E-state index is -4.96. The standard InChI is InChI=1S/C77H150O17P2/c1-9-69(7)55-47-39-31-25-19-15-11-12-16-21-27-33-43-51-59-76(81)93-72(63-87-74(79)57-49-41-32-26-20-17-13-14-18-23-29-37-45-53-67(3)4)65-91-95(83,84)89-61-71(78)62-90-96(85,86)92-66-73(64-88-75(80)58-50-42-36-35-40-48-56-70(8)10-2)94-77(82)60-52-44-34-28-22-24-30-38-46-54-68(5)6/h67-73,78H,9-66H2,1-8H3,(H,83,84)(H,85,86)/t69?,70?,71-,72-,73-/m1/s1. The third-order valence-electron chi connectivity index (χ3n) is 18.5. The molecule has 0 rings (SSSR count). The average Bonchev–Trinajstić information content (AvgIpc) is 1.07. The highest BCUT2D eigenvalue weighted by Gasteiger charge is 2.30. The summed E-state index contributed by atoms with van der Waals surface area (Å²) in [4.78, 5) is 72.8. The van der Waals surface area contributed by atoms with Crippen molar-refractivity contribution in [1.29, 1.82) is 0 Å². The van der Waals surface area contributed by atoms with Gasteiger partial charge in [-0.3, -0.25) is 37.3 Å². The summed E-state index contributed by atoms with van der Waals surface area (Å²) < 4.78 is 68.6. The van der Waals surface area contributed by atoms with E-state index in [4.69, 9.17) is 37.0 Å². The largest absolute Gasteiger partial charge is 0.472 e. The van der Waals surface area contributed by atoms with Gasteiger partial charge in [-0.25, -0.2) is 9.13 Å². The van der Waals surface area contributed by atoms with Gasteiger partial charge in [-0.05, 0) is 49.4 Å². The van der Waals surface area contributed by atoms with E-state index in [-0.39, 0.29) is 25.7 Å². The highest BCUT2D eigenvalue weighted by atomic mass is 31.2. The number of aliphatic hydroxyl groups excluding tert-OH is 1. The van der Waals surface area contributed by atoms with Gasteiger partial charge in [0.15, 0.2) is 12.2 Å². The fourth-order valence-corrected chi connectivity index (χ4v) is 13.2. The Morgan fingerprint density at radius 3 is 0.740 bits per heavy atom. The first-order chi connectivity index (χ1) is 46.2. The lowest BCUT2D eigenvalue weighted by Crippen LogP contribution is -2.30. The normalized spacial score (nSPS) is 14.7. The van der Waals surface area contributed by atoms with E-state index in [2.05, 4.69) is 55.4 Å². The molecule has 0 saturated heterocycles. The van der Waals surface area contributed by atoms with E-state index in [0.29, 0.717) is 25.7 Å². The minimum Gasteiger partial charge on any atom is -0.462 e. The number of esters is 4. The molecule has 96 heavy (non-hydrogen) atoms. The van der Waals surface area contributed by atoms with E-state index in [1.165, 1.54) is 186 Å². The first-order valence-corrected chi connectivity index (χ1v) is 42.8. The van der Waals surface area contributed by atoms with Crippen molar-refractivity contribution in [3.63, 3.8) is 0 Å². The van der Waals surface area contributed by atoms with Gasteiger partial charge in [0.1, 0.15) is 19.3 Å². The molecule has 0 amide bonds. The number of carbonyl (C=O) groups excluding carboxylic acids is 4. The number of hydrogen-bond acceptors (Lipinski definition) is 15. The van der Waals surface area contributed by atoms with Gasteiger partial charge in [0.2, 0.25) is 0 Å². The quantitative estimate of drug-likeness (QED) is 0.0222. The molecule has 0 spiro atoms. The summed E-state index contributed by atoms with van der Waals surface area (Å²) in [6.07, 6.45) is 51.3. The third kappa shape index (κ3) is 67.9. The van der Waals surface area contributed by atoms with E-state index in [1.807, 2.05) is 0 Å². The zero-order valence-corrected chi connectivity index (χ0v) is 64.8. The number of phosphoric ester groups is 2.